The molecule has 0 radical (unpaired) electrons. The van der Waals surface area contributed by atoms with Crippen LogP contribution < -0.4 is 0 Å². The fraction of sp³-hybridized carbons (Fsp3) is 0.462. The molecule has 0 amide bonds. The van der Waals surface area contributed by atoms with Crippen LogP contribution in [0.2, 0.25) is 0 Å². The lowest BCUT2D eigenvalue weighted by atomic mass is 10.2. The van der Waals surface area contributed by atoms with Crippen LogP contribution in [0.4, 0.5) is 0 Å². The molecule has 0 bridgehead atoms. The van der Waals surface area contributed by atoms with Gasteiger partial charge in [0.15, 0.2) is 0 Å². The summed E-state index contributed by atoms with van der Waals surface area (Å²) in [5.74, 6) is 0.278. The van der Waals surface area contributed by atoms with Crippen LogP contribution in [0.25, 0.3) is 0 Å². The van der Waals surface area contributed by atoms with E-state index in [4.69, 9.17) is 5.11 Å². The van der Waals surface area contributed by atoms with Crippen LogP contribution in [0.15, 0.2) is 35.2 Å². The lowest BCUT2D eigenvalue weighted by molar-refractivity contribution is -0.142. The van der Waals surface area contributed by atoms with Crippen LogP contribution in [0.5, 0.6) is 0 Å². The fourth-order valence-electron chi connectivity index (χ4n) is 2.17. The van der Waals surface area contributed by atoms with E-state index in [1.165, 1.54) is 4.90 Å². The Morgan fingerprint density at radius 2 is 2.18 bits per heavy atom. The van der Waals surface area contributed by atoms with E-state index >= 15 is 0 Å². The summed E-state index contributed by atoms with van der Waals surface area (Å²) in [6, 6.07) is 9.97. The molecule has 1 aliphatic heterocycles. The maximum atomic E-state index is 11.0. The predicted octanol–water partition coefficient (Wildman–Crippen LogP) is 2.33. The maximum absolute atomic E-state index is 11.0. The summed E-state index contributed by atoms with van der Waals surface area (Å²) in [6.45, 7) is 1.78. The van der Waals surface area contributed by atoms with Crippen LogP contribution in [-0.4, -0.2) is 40.9 Å². The van der Waals surface area contributed by atoms with Gasteiger partial charge in [0.05, 0.1) is 0 Å². The number of rotatable bonds is 5. The highest BCUT2D eigenvalue weighted by atomic mass is 32.2. The molecule has 17 heavy (non-hydrogen) atoms. The van der Waals surface area contributed by atoms with Crippen molar-refractivity contribution in [2.45, 2.75) is 23.8 Å². The molecule has 1 saturated heterocycles. The first-order valence-electron chi connectivity index (χ1n) is 5.92. The van der Waals surface area contributed by atoms with Gasteiger partial charge in [0.25, 0.3) is 0 Å². The molecule has 1 fully saturated rings. The van der Waals surface area contributed by atoms with Crippen molar-refractivity contribution in [1.29, 1.82) is 0 Å². The van der Waals surface area contributed by atoms with E-state index in [1.807, 2.05) is 18.2 Å². The maximum Gasteiger partial charge on any atom is 0.320 e. The molecule has 3 nitrogen and oxygen atoms in total. The second-order valence-corrected chi connectivity index (χ2v) is 5.36. The number of thioether (sulfide) groups is 1. The summed E-state index contributed by atoms with van der Waals surface area (Å²) < 4.78 is 0. The molecule has 1 aliphatic rings. The number of likely N-dealkylation sites (tertiary alicyclic amines) is 1. The van der Waals surface area contributed by atoms with E-state index in [9.17, 15) is 4.79 Å². The molecular formula is C13H17NO2S. The minimum atomic E-state index is -0.674. The Bertz CT molecular complexity index is 369. The zero-order valence-corrected chi connectivity index (χ0v) is 10.5. The Kier molecular flexibility index (Phi) is 4.45. The Labute approximate surface area is 106 Å². The summed E-state index contributed by atoms with van der Waals surface area (Å²) >= 11 is 1.79. The van der Waals surface area contributed by atoms with Gasteiger partial charge in [0.2, 0.25) is 0 Å². The number of benzene rings is 1. The molecule has 92 valence electrons. The van der Waals surface area contributed by atoms with Crippen LogP contribution in [-0.2, 0) is 4.79 Å². The predicted molar refractivity (Wildman–Crippen MR) is 69.4 cm³/mol. The average molecular weight is 251 g/mol. The zero-order chi connectivity index (χ0) is 12.1. The summed E-state index contributed by atoms with van der Waals surface area (Å²) in [5.41, 5.74) is 0. The van der Waals surface area contributed by atoms with Gasteiger partial charge >= 0.3 is 5.97 Å². The highest BCUT2D eigenvalue weighted by Gasteiger charge is 2.29. The topological polar surface area (TPSA) is 40.5 Å². The molecule has 0 aromatic heterocycles. The van der Waals surface area contributed by atoms with Gasteiger partial charge in [0, 0.05) is 17.2 Å². The van der Waals surface area contributed by atoms with Crippen molar-refractivity contribution in [1.82, 2.24) is 4.90 Å². The molecule has 1 aromatic rings. The normalized spacial score (nSPS) is 20.6. The SMILES string of the molecule is O=C(O)C1CCCN1CCSc1ccccc1. The van der Waals surface area contributed by atoms with Crippen molar-refractivity contribution < 1.29 is 9.90 Å². The van der Waals surface area contributed by atoms with E-state index in [1.54, 1.807) is 11.8 Å². The van der Waals surface area contributed by atoms with Crippen LogP contribution in [0, 0.1) is 0 Å². The van der Waals surface area contributed by atoms with Gasteiger partial charge in [-0.3, -0.25) is 9.69 Å². The van der Waals surface area contributed by atoms with Crippen molar-refractivity contribution in [2.24, 2.45) is 0 Å². The summed E-state index contributed by atoms with van der Waals surface area (Å²) in [6.07, 6.45) is 1.80. The van der Waals surface area contributed by atoms with Crippen LogP contribution in [0.1, 0.15) is 12.8 Å². The van der Waals surface area contributed by atoms with E-state index in [0.29, 0.717) is 0 Å². The monoisotopic (exact) mass is 251 g/mol. The van der Waals surface area contributed by atoms with Crippen molar-refractivity contribution in [3.63, 3.8) is 0 Å². The number of nitrogens with zero attached hydrogens (tertiary/aromatic N) is 1. The number of carboxylic acid groups (broad SMARTS) is 1. The zero-order valence-electron chi connectivity index (χ0n) is 9.71. The summed E-state index contributed by atoms with van der Waals surface area (Å²) in [5, 5.41) is 9.05. The molecule has 2 rings (SSSR count). The van der Waals surface area contributed by atoms with Gasteiger partial charge in [-0.25, -0.2) is 0 Å². The fourth-order valence-corrected chi connectivity index (χ4v) is 3.08. The van der Waals surface area contributed by atoms with Crippen LogP contribution >= 0.6 is 11.8 Å². The molecule has 1 aromatic carbocycles. The van der Waals surface area contributed by atoms with Gasteiger partial charge in [-0.05, 0) is 31.5 Å². The first-order valence-corrected chi connectivity index (χ1v) is 6.90. The van der Waals surface area contributed by atoms with Gasteiger partial charge in [-0.2, -0.15) is 0 Å². The number of hydrogen-bond donors (Lipinski definition) is 1. The van der Waals surface area contributed by atoms with Crippen molar-refractivity contribution in [2.75, 3.05) is 18.8 Å². The first-order chi connectivity index (χ1) is 8.27. The van der Waals surface area contributed by atoms with Gasteiger partial charge < -0.3 is 5.11 Å². The lowest BCUT2D eigenvalue weighted by Crippen LogP contribution is -2.37. The molecule has 0 aliphatic carbocycles. The summed E-state index contributed by atoms with van der Waals surface area (Å²) in [4.78, 5) is 14.3. The Morgan fingerprint density at radius 3 is 2.88 bits per heavy atom. The minimum Gasteiger partial charge on any atom is -0.480 e. The molecule has 0 spiro atoms. The van der Waals surface area contributed by atoms with Crippen molar-refractivity contribution >= 4 is 17.7 Å². The van der Waals surface area contributed by atoms with E-state index in [-0.39, 0.29) is 6.04 Å². The number of aliphatic carboxylic acids is 1. The molecule has 0 saturated carbocycles. The third-order valence-corrected chi connectivity index (χ3v) is 4.03. The highest BCUT2D eigenvalue weighted by molar-refractivity contribution is 7.99. The van der Waals surface area contributed by atoms with Crippen molar-refractivity contribution in [3.05, 3.63) is 30.3 Å². The average Bonchev–Trinajstić information content (AvgIpc) is 2.79. The Balaban J connectivity index is 1.77. The molecule has 4 heteroatoms. The smallest absolute Gasteiger partial charge is 0.320 e. The third-order valence-electron chi connectivity index (χ3n) is 3.04. The van der Waals surface area contributed by atoms with Gasteiger partial charge in [0.1, 0.15) is 6.04 Å². The van der Waals surface area contributed by atoms with Crippen LogP contribution in [0.3, 0.4) is 0 Å². The molecule has 1 N–H and O–H groups in total. The molecule has 1 unspecified atom stereocenters. The van der Waals surface area contributed by atoms with E-state index in [2.05, 4.69) is 17.0 Å². The second-order valence-electron chi connectivity index (χ2n) is 4.19. The largest absolute Gasteiger partial charge is 0.480 e. The second kappa shape index (κ2) is 6.07. The number of carbonyl (C=O) groups is 1. The standard InChI is InChI=1S/C13H17NO2S/c15-13(16)12-7-4-8-14(12)9-10-17-11-5-2-1-3-6-11/h1-3,5-6,12H,4,7-10H2,(H,15,16). The summed E-state index contributed by atoms with van der Waals surface area (Å²) in [7, 11) is 0. The Morgan fingerprint density at radius 1 is 1.41 bits per heavy atom. The lowest BCUT2D eigenvalue weighted by Gasteiger charge is -2.20. The highest BCUT2D eigenvalue weighted by Crippen LogP contribution is 2.21. The van der Waals surface area contributed by atoms with Gasteiger partial charge in [-0.15, -0.1) is 11.8 Å². The minimum absolute atomic E-state index is 0.258. The Hall–Kier alpha value is -1.00. The first kappa shape index (κ1) is 12.5. The van der Waals surface area contributed by atoms with E-state index in [0.717, 1.165) is 31.7 Å². The quantitative estimate of drug-likeness (QED) is 0.815. The number of hydrogen-bond acceptors (Lipinski definition) is 3. The van der Waals surface area contributed by atoms with E-state index < -0.39 is 5.97 Å². The number of carboxylic acids is 1. The third kappa shape index (κ3) is 3.48. The molecule has 1 heterocycles. The molecule has 1 atom stereocenters. The van der Waals surface area contributed by atoms with Crippen molar-refractivity contribution in [3.8, 4) is 0 Å². The molecular weight excluding hydrogens is 234 g/mol. The van der Waals surface area contributed by atoms with Gasteiger partial charge in [-0.1, -0.05) is 18.2 Å².